The molecule has 8 heteroatoms. The molecule has 2 aliphatic heterocycles. The number of aromatic nitrogens is 2. The second kappa shape index (κ2) is 10.5. The maximum absolute atomic E-state index is 15.3. The number of likely N-dealkylation sites (tertiary alicyclic amines) is 2. The summed E-state index contributed by atoms with van der Waals surface area (Å²) in [6, 6.07) is 11.1. The van der Waals surface area contributed by atoms with Crippen molar-refractivity contribution in [3.05, 3.63) is 47.8 Å². The minimum atomic E-state index is -3.27. The van der Waals surface area contributed by atoms with E-state index in [0.29, 0.717) is 23.3 Å². The van der Waals surface area contributed by atoms with Crippen molar-refractivity contribution in [3.8, 4) is 11.4 Å². The lowest BCUT2D eigenvalue weighted by molar-refractivity contribution is 0.0828. The van der Waals surface area contributed by atoms with Crippen LogP contribution in [0.25, 0.3) is 22.4 Å². The summed E-state index contributed by atoms with van der Waals surface area (Å²) in [7, 11) is -1.38. The number of aryl methyl sites for hydroxylation is 1. The van der Waals surface area contributed by atoms with E-state index in [1.165, 1.54) is 38.7 Å². The molecule has 3 aromatic rings. The third-order valence-corrected chi connectivity index (χ3v) is 9.33. The smallest absolute Gasteiger partial charge is 0.175 e. The van der Waals surface area contributed by atoms with E-state index in [1.54, 1.807) is 30.3 Å². The summed E-state index contributed by atoms with van der Waals surface area (Å²) in [6.45, 7) is 10.3. The molecule has 200 valence electrons. The number of imidazole rings is 1. The van der Waals surface area contributed by atoms with Gasteiger partial charge in [-0.05, 0) is 106 Å². The van der Waals surface area contributed by atoms with Gasteiger partial charge < -0.3 is 14.4 Å². The first-order valence-corrected chi connectivity index (χ1v) is 15.4. The summed E-state index contributed by atoms with van der Waals surface area (Å²) in [5.74, 6) is 1.41. The van der Waals surface area contributed by atoms with Gasteiger partial charge in [-0.25, -0.2) is 17.8 Å². The van der Waals surface area contributed by atoms with Crippen LogP contribution in [-0.4, -0.2) is 72.8 Å². The van der Waals surface area contributed by atoms with Gasteiger partial charge in [-0.3, -0.25) is 0 Å². The number of halogens is 1. The van der Waals surface area contributed by atoms with E-state index in [2.05, 4.69) is 34.7 Å². The second-order valence-corrected chi connectivity index (χ2v) is 13.4. The first-order valence-electron chi connectivity index (χ1n) is 13.5. The molecule has 0 aliphatic carbocycles. The van der Waals surface area contributed by atoms with E-state index in [4.69, 9.17) is 0 Å². The Morgan fingerprint density at radius 2 is 1.65 bits per heavy atom. The van der Waals surface area contributed by atoms with Crippen molar-refractivity contribution in [3.63, 3.8) is 0 Å². The molecule has 37 heavy (non-hydrogen) atoms. The first-order chi connectivity index (χ1) is 17.6. The summed E-state index contributed by atoms with van der Waals surface area (Å²) >= 11 is 0. The van der Waals surface area contributed by atoms with Crippen LogP contribution in [0.15, 0.2) is 41.3 Å². The highest BCUT2D eigenvalue weighted by molar-refractivity contribution is 7.90. The minimum absolute atomic E-state index is 0.260. The standard InChI is InChI=1S/C29H39FN4O2S/c1-20(2)19-33-13-11-24(12-14-33)34-15-9-21(10-16-34)23-17-26(30)28-27(18-23)32(3)29(31-28)22-5-7-25(8-6-22)37(4,35)36/h5-8,17-18,20-21,24H,9-16,19H2,1-4H3. The zero-order valence-corrected chi connectivity index (χ0v) is 23.3. The largest absolute Gasteiger partial charge is 0.327 e. The molecular weight excluding hydrogens is 487 g/mol. The minimum Gasteiger partial charge on any atom is -0.327 e. The van der Waals surface area contributed by atoms with Crippen LogP contribution in [0.4, 0.5) is 4.39 Å². The molecule has 0 atom stereocenters. The summed E-state index contributed by atoms with van der Waals surface area (Å²) in [5, 5.41) is 0. The monoisotopic (exact) mass is 526 g/mol. The van der Waals surface area contributed by atoms with Crippen molar-refractivity contribution in [1.29, 1.82) is 0 Å². The van der Waals surface area contributed by atoms with Crippen molar-refractivity contribution in [1.82, 2.24) is 19.4 Å². The van der Waals surface area contributed by atoms with Crippen molar-refractivity contribution in [2.24, 2.45) is 13.0 Å². The Morgan fingerprint density at radius 1 is 1.00 bits per heavy atom. The fourth-order valence-corrected chi connectivity index (χ4v) is 6.82. The topological polar surface area (TPSA) is 58.4 Å². The van der Waals surface area contributed by atoms with Gasteiger partial charge >= 0.3 is 0 Å². The van der Waals surface area contributed by atoms with Crippen molar-refractivity contribution < 1.29 is 12.8 Å². The molecule has 0 radical (unpaired) electrons. The van der Waals surface area contributed by atoms with Gasteiger partial charge in [-0.1, -0.05) is 13.8 Å². The molecule has 2 aromatic carbocycles. The quantitative estimate of drug-likeness (QED) is 0.448. The number of hydrogen-bond donors (Lipinski definition) is 0. The molecule has 2 fully saturated rings. The van der Waals surface area contributed by atoms with E-state index in [1.807, 2.05) is 11.6 Å². The molecular formula is C29H39FN4O2S. The SMILES string of the molecule is CC(C)CN1CCC(N2CCC(c3cc(F)c4nc(-c5ccc(S(C)(=O)=O)cc5)n(C)c4c3)CC2)CC1. The number of piperidine rings is 2. The van der Waals surface area contributed by atoms with Crippen LogP contribution in [0.3, 0.4) is 0 Å². The average Bonchev–Trinajstić information content (AvgIpc) is 3.21. The highest BCUT2D eigenvalue weighted by Gasteiger charge is 2.29. The number of nitrogens with zero attached hydrogens (tertiary/aromatic N) is 4. The molecule has 2 saturated heterocycles. The van der Waals surface area contributed by atoms with Crippen molar-refractivity contribution >= 4 is 20.9 Å². The Bertz CT molecular complexity index is 1350. The lowest BCUT2D eigenvalue weighted by Crippen LogP contribution is -2.48. The van der Waals surface area contributed by atoms with Crippen LogP contribution in [-0.2, 0) is 16.9 Å². The van der Waals surface area contributed by atoms with Crippen LogP contribution in [0.1, 0.15) is 51.0 Å². The Balaban J connectivity index is 1.29. The number of sulfone groups is 1. The molecule has 6 nitrogen and oxygen atoms in total. The van der Waals surface area contributed by atoms with Gasteiger partial charge in [0.15, 0.2) is 15.7 Å². The second-order valence-electron chi connectivity index (χ2n) is 11.4. The van der Waals surface area contributed by atoms with Crippen LogP contribution in [0.2, 0.25) is 0 Å². The third-order valence-electron chi connectivity index (χ3n) is 8.20. The Hall–Kier alpha value is -2.29. The van der Waals surface area contributed by atoms with Gasteiger partial charge in [-0.2, -0.15) is 0 Å². The van der Waals surface area contributed by atoms with Gasteiger partial charge in [-0.15, -0.1) is 0 Å². The lowest BCUT2D eigenvalue weighted by atomic mass is 9.87. The summed E-state index contributed by atoms with van der Waals surface area (Å²) < 4.78 is 40.8. The van der Waals surface area contributed by atoms with E-state index in [9.17, 15) is 8.42 Å². The molecule has 0 bridgehead atoms. The fourth-order valence-electron chi connectivity index (χ4n) is 6.19. The summed E-state index contributed by atoms with van der Waals surface area (Å²) in [4.78, 5) is 10.1. The van der Waals surface area contributed by atoms with Crippen LogP contribution in [0, 0.1) is 11.7 Å². The fraction of sp³-hybridized carbons (Fsp3) is 0.552. The van der Waals surface area contributed by atoms with Crippen molar-refractivity contribution in [2.75, 3.05) is 39.0 Å². The van der Waals surface area contributed by atoms with Crippen molar-refractivity contribution in [2.45, 2.75) is 56.4 Å². The zero-order valence-electron chi connectivity index (χ0n) is 22.5. The average molecular weight is 527 g/mol. The molecule has 5 rings (SSSR count). The number of fused-ring (bicyclic) bond motifs is 1. The molecule has 0 spiro atoms. The molecule has 0 saturated carbocycles. The Morgan fingerprint density at radius 3 is 2.24 bits per heavy atom. The summed E-state index contributed by atoms with van der Waals surface area (Å²) in [6.07, 6.45) is 5.79. The molecule has 2 aliphatic rings. The molecule has 0 N–H and O–H groups in total. The first kappa shape index (κ1) is 26.3. The van der Waals surface area contributed by atoms with Gasteiger partial charge in [0, 0.05) is 31.5 Å². The highest BCUT2D eigenvalue weighted by Crippen LogP contribution is 2.34. The molecule has 3 heterocycles. The Labute approximate surface area is 220 Å². The van der Waals surface area contributed by atoms with E-state index in [0.717, 1.165) is 48.5 Å². The molecule has 1 aromatic heterocycles. The predicted octanol–water partition coefficient (Wildman–Crippen LogP) is 5.08. The molecule has 0 unspecified atom stereocenters. The third kappa shape index (κ3) is 5.61. The predicted molar refractivity (Wildman–Crippen MR) is 147 cm³/mol. The number of hydrogen-bond acceptors (Lipinski definition) is 5. The van der Waals surface area contributed by atoms with Crippen LogP contribution >= 0.6 is 0 Å². The zero-order chi connectivity index (χ0) is 26.3. The number of benzene rings is 2. The van der Waals surface area contributed by atoms with Gasteiger partial charge in [0.1, 0.15) is 11.3 Å². The normalized spacial score (nSPS) is 19.3. The van der Waals surface area contributed by atoms with Crippen LogP contribution in [0.5, 0.6) is 0 Å². The van der Waals surface area contributed by atoms with E-state index in [-0.39, 0.29) is 10.7 Å². The molecule has 0 amide bonds. The van der Waals surface area contributed by atoms with Crippen LogP contribution < -0.4 is 0 Å². The van der Waals surface area contributed by atoms with Gasteiger partial charge in [0.05, 0.1) is 10.4 Å². The highest BCUT2D eigenvalue weighted by atomic mass is 32.2. The summed E-state index contributed by atoms with van der Waals surface area (Å²) in [5.41, 5.74) is 2.95. The van der Waals surface area contributed by atoms with E-state index >= 15 is 4.39 Å². The van der Waals surface area contributed by atoms with Gasteiger partial charge in [0.2, 0.25) is 0 Å². The lowest BCUT2D eigenvalue weighted by Gasteiger charge is -2.42. The van der Waals surface area contributed by atoms with Gasteiger partial charge in [0.25, 0.3) is 0 Å². The number of rotatable bonds is 6. The maximum atomic E-state index is 15.3. The Kier molecular flexibility index (Phi) is 7.44. The van der Waals surface area contributed by atoms with E-state index < -0.39 is 9.84 Å². The maximum Gasteiger partial charge on any atom is 0.175 e.